The van der Waals surface area contributed by atoms with Gasteiger partial charge >= 0.3 is 0 Å². The smallest absolute Gasteiger partial charge is 0.271 e. The normalized spacial score (nSPS) is 13.8. The molecule has 3 heterocycles. The molecule has 0 atom stereocenters. The molecule has 0 spiro atoms. The monoisotopic (exact) mass is 416 g/mol. The summed E-state index contributed by atoms with van der Waals surface area (Å²) in [5, 5.41) is 5.93. The van der Waals surface area contributed by atoms with Crippen LogP contribution in [0.15, 0.2) is 42.7 Å². The van der Waals surface area contributed by atoms with E-state index in [4.69, 9.17) is 4.98 Å². The van der Waals surface area contributed by atoms with Gasteiger partial charge in [-0.15, -0.1) is 0 Å². The lowest BCUT2D eigenvalue weighted by Crippen LogP contribution is -2.41. The molecule has 0 bridgehead atoms. The number of rotatable bonds is 4. The molecule has 1 aliphatic rings. The van der Waals surface area contributed by atoms with Gasteiger partial charge in [0, 0.05) is 41.8 Å². The van der Waals surface area contributed by atoms with Gasteiger partial charge in [-0.2, -0.15) is 5.10 Å². The quantitative estimate of drug-likeness (QED) is 0.498. The molecule has 0 aliphatic heterocycles. The van der Waals surface area contributed by atoms with Crippen LogP contribution >= 0.6 is 0 Å². The summed E-state index contributed by atoms with van der Waals surface area (Å²) in [6.07, 6.45) is 5.58. The van der Waals surface area contributed by atoms with Crippen molar-refractivity contribution in [3.63, 3.8) is 0 Å². The van der Waals surface area contributed by atoms with Crippen molar-refractivity contribution in [2.45, 2.75) is 38.6 Å². The molecule has 1 saturated carbocycles. The molecule has 158 valence electrons. The van der Waals surface area contributed by atoms with E-state index >= 15 is 0 Å². The minimum atomic E-state index is -0.383. The predicted octanol–water partition coefficient (Wildman–Crippen LogP) is 3.46. The van der Waals surface area contributed by atoms with Crippen molar-refractivity contribution < 1.29 is 9.59 Å². The number of aromatic nitrogens is 4. The van der Waals surface area contributed by atoms with Gasteiger partial charge < -0.3 is 4.57 Å². The average molecular weight is 416 g/mol. The summed E-state index contributed by atoms with van der Waals surface area (Å²) in [5.41, 5.74) is 8.66. The third-order valence-corrected chi connectivity index (χ3v) is 5.75. The van der Waals surface area contributed by atoms with Crippen molar-refractivity contribution in [2.24, 2.45) is 7.05 Å². The maximum Gasteiger partial charge on any atom is 0.271 e. The number of nitrogens with one attached hydrogen (secondary N) is 2. The summed E-state index contributed by atoms with van der Waals surface area (Å²) in [6.45, 7) is 4.06. The third kappa shape index (κ3) is 3.34. The third-order valence-electron chi connectivity index (χ3n) is 5.75. The van der Waals surface area contributed by atoms with Gasteiger partial charge in [0.25, 0.3) is 11.8 Å². The largest absolute Gasteiger partial charge is 0.350 e. The Morgan fingerprint density at radius 2 is 1.77 bits per heavy atom. The lowest BCUT2D eigenvalue weighted by molar-refractivity contribution is 0.0848. The second kappa shape index (κ2) is 7.23. The number of nitrogens with zero attached hydrogens (tertiary/aromatic N) is 4. The van der Waals surface area contributed by atoms with Crippen LogP contribution in [0.5, 0.6) is 0 Å². The number of hydrogen-bond donors (Lipinski definition) is 2. The van der Waals surface area contributed by atoms with E-state index in [9.17, 15) is 9.59 Å². The molecule has 4 aromatic rings. The van der Waals surface area contributed by atoms with Crippen molar-refractivity contribution in [1.29, 1.82) is 0 Å². The van der Waals surface area contributed by atoms with Gasteiger partial charge in [0.2, 0.25) is 0 Å². The van der Waals surface area contributed by atoms with Gasteiger partial charge in [0.05, 0.1) is 22.7 Å². The van der Waals surface area contributed by atoms with Crippen LogP contribution in [0.3, 0.4) is 0 Å². The molecule has 0 saturated heterocycles. The van der Waals surface area contributed by atoms with Crippen LogP contribution < -0.4 is 10.9 Å². The molecule has 1 aliphatic carbocycles. The Hall–Kier alpha value is -3.68. The second-order valence-electron chi connectivity index (χ2n) is 8.37. The van der Waals surface area contributed by atoms with Gasteiger partial charge in [-0.1, -0.05) is 18.2 Å². The fourth-order valence-corrected chi connectivity index (χ4v) is 3.96. The first kappa shape index (κ1) is 19.3. The Morgan fingerprint density at radius 3 is 2.48 bits per heavy atom. The highest BCUT2D eigenvalue weighted by Gasteiger charge is 2.28. The molecule has 2 N–H and O–H groups in total. The van der Waals surface area contributed by atoms with Crippen LogP contribution in [0.2, 0.25) is 0 Å². The van der Waals surface area contributed by atoms with Gasteiger partial charge in [0.1, 0.15) is 0 Å². The van der Waals surface area contributed by atoms with Crippen LogP contribution in [0, 0.1) is 0 Å². The Kier molecular flexibility index (Phi) is 4.50. The summed E-state index contributed by atoms with van der Waals surface area (Å²) in [7, 11) is 1.89. The molecule has 1 aromatic carbocycles. The number of hydrazine groups is 1. The molecule has 1 fully saturated rings. The van der Waals surface area contributed by atoms with E-state index in [0.29, 0.717) is 28.1 Å². The van der Waals surface area contributed by atoms with Crippen molar-refractivity contribution in [1.82, 2.24) is 30.2 Å². The number of fused-ring (bicyclic) bond motifs is 2. The number of pyridine rings is 1. The maximum atomic E-state index is 13.0. The average Bonchev–Trinajstić information content (AvgIpc) is 3.44. The Morgan fingerprint density at radius 1 is 1.06 bits per heavy atom. The summed E-state index contributed by atoms with van der Waals surface area (Å²) in [6, 6.07) is 9.60. The molecular formula is C23H24N6O2. The van der Waals surface area contributed by atoms with E-state index in [1.54, 1.807) is 12.4 Å². The topological polar surface area (TPSA) is 93.8 Å². The molecule has 3 aromatic heterocycles. The van der Waals surface area contributed by atoms with Crippen LogP contribution in [-0.4, -0.2) is 31.1 Å². The standard InChI is InChI=1S/C23H24N6O2/c1-13(2)29-21-17(11-24-29)16(10-19(25-21)14-8-9-14)22(30)26-27-23(31)18-12-28(3)20-7-5-4-6-15(18)20/h4-7,10-14H,8-9H2,1-3H3,(H,26,30)(H,27,31). The SMILES string of the molecule is CC(C)n1ncc2c(C(=O)NNC(=O)c3cn(C)c4ccccc34)cc(C3CC3)nc21. The molecule has 31 heavy (non-hydrogen) atoms. The van der Waals surface area contributed by atoms with Gasteiger partial charge in [-0.25, -0.2) is 9.67 Å². The first-order chi connectivity index (χ1) is 14.9. The fourth-order valence-electron chi connectivity index (χ4n) is 3.96. The maximum absolute atomic E-state index is 13.0. The van der Waals surface area contributed by atoms with E-state index in [-0.39, 0.29) is 17.9 Å². The van der Waals surface area contributed by atoms with Crippen LogP contribution in [0.4, 0.5) is 0 Å². The van der Waals surface area contributed by atoms with Crippen molar-refractivity contribution in [2.75, 3.05) is 0 Å². The molecule has 2 amide bonds. The van der Waals surface area contributed by atoms with E-state index in [1.165, 1.54) is 0 Å². The van der Waals surface area contributed by atoms with Crippen molar-refractivity contribution in [3.8, 4) is 0 Å². The first-order valence-electron chi connectivity index (χ1n) is 10.5. The van der Waals surface area contributed by atoms with E-state index in [2.05, 4.69) is 16.0 Å². The number of amides is 2. The predicted molar refractivity (Wildman–Crippen MR) is 118 cm³/mol. The Labute approximate surface area is 179 Å². The van der Waals surface area contributed by atoms with Crippen molar-refractivity contribution >= 4 is 33.8 Å². The molecular weight excluding hydrogens is 392 g/mol. The number of carbonyl (C=O) groups excluding carboxylic acids is 2. The van der Waals surface area contributed by atoms with Crippen LogP contribution in [0.1, 0.15) is 65.1 Å². The zero-order valence-corrected chi connectivity index (χ0v) is 17.7. The zero-order valence-electron chi connectivity index (χ0n) is 17.7. The highest BCUT2D eigenvalue weighted by molar-refractivity contribution is 6.09. The number of para-hydroxylation sites is 1. The number of carbonyl (C=O) groups is 2. The van der Waals surface area contributed by atoms with Crippen LogP contribution in [-0.2, 0) is 7.05 Å². The molecule has 0 unspecified atom stereocenters. The second-order valence-corrected chi connectivity index (χ2v) is 8.37. The Bertz CT molecular complexity index is 1330. The molecule has 8 nitrogen and oxygen atoms in total. The van der Waals surface area contributed by atoms with E-state index in [1.807, 2.05) is 60.5 Å². The van der Waals surface area contributed by atoms with Gasteiger partial charge in [0.15, 0.2) is 5.65 Å². The van der Waals surface area contributed by atoms with Gasteiger partial charge in [-0.3, -0.25) is 20.4 Å². The number of aryl methyl sites for hydroxylation is 1. The number of hydrogen-bond acceptors (Lipinski definition) is 4. The fraction of sp³-hybridized carbons (Fsp3) is 0.304. The molecule has 5 rings (SSSR count). The minimum absolute atomic E-state index is 0.126. The minimum Gasteiger partial charge on any atom is -0.350 e. The summed E-state index contributed by atoms with van der Waals surface area (Å²) in [4.78, 5) is 30.6. The summed E-state index contributed by atoms with van der Waals surface area (Å²) < 4.78 is 3.72. The first-order valence-corrected chi connectivity index (χ1v) is 10.5. The molecule has 8 heteroatoms. The highest BCUT2D eigenvalue weighted by atomic mass is 16.2. The zero-order chi connectivity index (χ0) is 21.7. The van der Waals surface area contributed by atoms with Crippen molar-refractivity contribution in [3.05, 3.63) is 59.5 Å². The molecule has 0 radical (unpaired) electrons. The lowest BCUT2D eigenvalue weighted by atomic mass is 10.1. The summed E-state index contributed by atoms with van der Waals surface area (Å²) >= 11 is 0. The Balaban J connectivity index is 1.43. The highest BCUT2D eigenvalue weighted by Crippen LogP contribution is 2.40. The van der Waals surface area contributed by atoms with E-state index in [0.717, 1.165) is 29.4 Å². The number of benzene rings is 1. The van der Waals surface area contributed by atoms with Gasteiger partial charge in [-0.05, 0) is 38.8 Å². The van der Waals surface area contributed by atoms with E-state index < -0.39 is 0 Å². The summed E-state index contributed by atoms with van der Waals surface area (Å²) in [5.74, 6) is -0.362. The van der Waals surface area contributed by atoms with Crippen LogP contribution in [0.25, 0.3) is 21.9 Å². The lowest BCUT2D eigenvalue weighted by Gasteiger charge is -2.11.